The molecule has 88 valence electrons. The minimum absolute atomic E-state index is 0.509. The summed E-state index contributed by atoms with van der Waals surface area (Å²) in [5.74, 6) is -7.26. The van der Waals surface area contributed by atoms with Crippen molar-refractivity contribution >= 4 is 17.6 Å². The van der Waals surface area contributed by atoms with Crippen molar-refractivity contribution in [3.8, 4) is 11.5 Å². The van der Waals surface area contributed by atoms with Crippen LogP contribution < -0.4 is 0 Å². The molecule has 0 radical (unpaired) electrons. The van der Waals surface area contributed by atoms with Gasteiger partial charge in [0.1, 0.15) is 0 Å². The summed E-state index contributed by atoms with van der Waals surface area (Å²) in [6.07, 6.45) is 0. The normalized spacial score (nSPS) is 11.2. The van der Waals surface area contributed by atoms with Crippen LogP contribution in [0.1, 0.15) is 5.56 Å². The number of carbonyl (C=O) groups excluding carboxylic acids is 1. The number of rotatable bonds is 2. The van der Waals surface area contributed by atoms with Crippen LogP contribution in [0.15, 0.2) is 12.1 Å². The summed E-state index contributed by atoms with van der Waals surface area (Å²) in [5, 5.41) is 17.5. The average Bonchev–Trinajstić information content (AvgIpc) is 2.21. The van der Waals surface area contributed by atoms with Gasteiger partial charge in [-0.3, -0.25) is 0 Å². The molecule has 1 aromatic carbocycles. The van der Waals surface area contributed by atoms with E-state index in [1.165, 1.54) is 0 Å². The third kappa shape index (κ3) is 2.01. The fourth-order valence-corrected chi connectivity index (χ4v) is 1.31. The number of alkyl halides is 2. The zero-order valence-electron chi connectivity index (χ0n) is 8.00. The second-order valence-corrected chi connectivity index (χ2v) is 3.29. The van der Waals surface area contributed by atoms with Gasteiger partial charge in [0, 0.05) is 6.07 Å². The van der Waals surface area contributed by atoms with Gasteiger partial charge in [-0.05, 0) is 6.07 Å². The molecule has 7 heteroatoms. The van der Waals surface area contributed by atoms with E-state index in [-0.39, 0.29) is 0 Å². The first kappa shape index (κ1) is 12.5. The van der Waals surface area contributed by atoms with Gasteiger partial charge in [-0.1, -0.05) is 11.6 Å². The lowest BCUT2D eigenvalue weighted by molar-refractivity contribution is -0.170. The molecule has 0 fully saturated rings. The molecule has 0 amide bonds. The maximum atomic E-state index is 13.4. The molecule has 0 aliphatic rings. The predicted molar refractivity (Wildman–Crippen MR) is 50.7 cm³/mol. The Kier molecular flexibility index (Phi) is 3.23. The van der Waals surface area contributed by atoms with Gasteiger partial charge in [0.05, 0.1) is 17.7 Å². The molecule has 0 saturated carbocycles. The van der Waals surface area contributed by atoms with Gasteiger partial charge in [0.2, 0.25) is 0 Å². The second-order valence-electron chi connectivity index (χ2n) is 2.89. The van der Waals surface area contributed by atoms with E-state index in [1.807, 2.05) is 0 Å². The quantitative estimate of drug-likeness (QED) is 0.624. The highest BCUT2D eigenvalue weighted by molar-refractivity contribution is 6.31. The van der Waals surface area contributed by atoms with Crippen molar-refractivity contribution in [1.82, 2.24) is 0 Å². The first-order valence-corrected chi connectivity index (χ1v) is 4.36. The summed E-state index contributed by atoms with van der Waals surface area (Å²) in [5.41, 5.74) is -0.934. The van der Waals surface area contributed by atoms with E-state index in [0.29, 0.717) is 12.1 Å². The molecule has 0 bridgehead atoms. The van der Waals surface area contributed by atoms with Gasteiger partial charge in [0.15, 0.2) is 11.5 Å². The van der Waals surface area contributed by atoms with Gasteiger partial charge >= 0.3 is 11.9 Å². The molecule has 1 rings (SSSR count). The van der Waals surface area contributed by atoms with E-state index in [0.717, 1.165) is 7.11 Å². The van der Waals surface area contributed by atoms with Crippen LogP contribution in [0.4, 0.5) is 8.78 Å². The highest BCUT2D eigenvalue weighted by Crippen LogP contribution is 2.40. The Hall–Kier alpha value is -1.56. The highest BCUT2D eigenvalue weighted by Gasteiger charge is 2.44. The lowest BCUT2D eigenvalue weighted by Crippen LogP contribution is -2.27. The number of ether oxygens (including phenoxy) is 1. The monoisotopic (exact) mass is 252 g/mol. The molecule has 0 unspecified atom stereocenters. The van der Waals surface area contributed by atoms with E-state index in [1.54, 1.807) is 0 Å². The number of methoxy groups -OCH3 is 1. The van der Waals surface area contributed by atoms with Crippen LogP contribution in [-0.4, -0.2) is 23.3 Å². The molecule has 1 aromatic rings. The Bertz CT molecular complexity index is 434. The molecular weight excluding hydrogens is 246 g/mol. The van der Waals surface area contributed by atoms with Crippen molar-refractivity contribution in [1.29, 1.82) is 0 Å². The largest absolute Gasteiger partial charge is 0.504 e. The minimum atomic E-state index is -3.99. The number of halogens is 3. The number of hydrogen-bond acceptors (Lipinski definition) is 4. The smallest absolute Gasteiger partial charge is 0.381 e. The molecule has 0 aliphatic carbocycles. The number of phenols is 2. The molecule has 0 atom stereocenters. The standard InChI is InChI=1S/C9H7ClF2O4/c1-16-8(15)9(11,12)4-2-6(13)7(14)3-5(4)10/h2-3,13-14H,1H3. The Morgan fingerprint density at radius 3 is 2.38 bits per heavy atom. The number of carbonyl (C=O) groups is 1. The SMILES string of the molecule is COC(=O)C(F)(F)c1cc(O)c(O)cc1Cl. The Morgan fingerprint density at radius 1 is 1.38 bits per heavy atom. The van der Waals surface area contributed by atoms with Crippen LogP contribution in [0.2, 0.25) is 5.02 Å². The van der Waals surface area contributed by atoms with Crippen molar-refractivity contribution in [3.05, 3.63) is 22.7 Å². The molecule has 4 nitrogen and oxygen atoms in total. The molecule has 0 aromatic heterocycles. The average molecular weight is 253 g/mol. The zero-order valence-corrected chi connectivity index (χ0v) is 8.76. The molecule has 0 saturated heterocycles. The zero-order chi connectivity index (χ0) is 12.5. The van der Waals surface area contributed by atoms with Crippen LogP contribution in [-0.2, 0) is 15.5 Å². The van der Waals surface area contributed by atoms with E-state index >= 15 is 0 Å². The number of benzene rings is 1. The maximum Gasteiger partial charge on any atom is 0.381 e. The number of phenolic OH excluding ortho intramolecular Hbond substituents is 2. The van der Waals surface area contributed by atoms with Crippen molar-refractivity contribution < 1.29 is 28.5 Å². The molecule has 0 spiro atoms. The number of esters is 1. The third-order valence-electron chi connectivity index (χ3n) is 1.84. The lowest BCUT2D eigenvalue weighted by atomic mass is 10.1. The molecule has 16 heavy (non-hydrogen) atoms. The van der Waals surface area contributed by atoms with E-state index < -0.39 is 34.0 Å². The fraction of sp³-hybridized carbons (Fsp3) is 0.222. The van der Waals surface area contributed by atoms with Gasteiger partial charge in [0.25, 0.3) is 0 Å². The topological polar surface area (TPSA) is 66.8 Å². The van der Waals surface area contributed by atoms with Crippen LogP contribution in [0.3, 0.4) is 0 Å². The van der Waals surface area contributed by atoms with Crippen LogP contribution in [0, 0.1) is 0 Å². The van der Waals surface area contributed by atoms with Crippen molar-refractivity contribution in [3.63, 3.8) is 0 Å². The molecule has 0 aliphatic heterocycles. The van der Waals surface area contributed by atoms with Crippen LogP contribution >= 0.6 is 11.6 Å². The molecular formula is C9H7ClF2O4. The van der Waals surface area contributed by atoms with E-state index in [2.05, 4.69) is 4.74 Å². The summed E-state index contributed by atoms with van der Waals surface area (Å²) in [7, 11) is 0.796. The van der Waals surface area contributed by atoms with Crippen molar-refractivity contribution in [2.45, 2.75) is 5.92 Å². The Balaban J connectivity index is 3.33. The van der Waals surface area contributed by atoms with Crippen LogP contribution in [0.5, 0.6) is 11.5 Å². The minimum Gasteiger partial charge on any atom is -0.504 e. The lowest BCUT2D eigenvalue weighted by Gasteiger charge is -2.15. The summed E-state index contributed by atoms with van der Waals surface area (Å²) in [6.45, 7) is 0. The first-order valence-electron chi connectivity index (χ1n) is 3.99. The highest BCUT2D eigenvalue weighted by atomic mass is 35.5. The summed E-state index contributed by atoms with van der Waals surface area (Å²) >= 11 is 5.43. The van der Waals surface area contributed by atoms with Gasteiger partial charge in [-0.2, -0.15) is 8.78 Å². The molecule has 2 N–H and O–H groups in total. The van der Waals surface area contributed by atoms with Crippen LogP contribution in [0.25, 0.3) is 0 Å². The third-order valence-corrected chi connectivity index (χ3v) is 2.16. The van der Waals surface area contributed by atoms with Gasteiger partial charge < -0.3 is 14.9 Å². The summed E-state index contributed by atoms with van der Waals surface area (Å²) < 4.78 is 30.6. The Labute approximate surface area is 94.0 Å². The maximum absolute atomic E-state index is 13.4. The summed E-state index contributed by atoms with van der Waals surface area (Å²) in [6, 6.07) is 1.22. The van der Waals surface area contributed by atoms with E-state index in [4.69, 9.17) is 21.8 Å². The fourth-order valence-electron chi connectivity index (χ4n) is 1.03. The Morgan fingerprint density at radius 2 is 1.88 bits per heavy atom. The van der Waals surface area contributed by atoms with Gasteiger partial charge in [-0.25, -0.2) is 4.79 Å². The van der Waals surface area contributed by atoms with Crippen molar-refractivity contribution in [2.24, 2.45) is 0 Å². The van der Waals surface area contributed by atoms with Crippen molar-refractivity contribution in [2.75, 3.05) is 7.11 Å². The van der Waals surface area contributed by atoms with E-state index in [9.17, 15) is 13.6 Å². The predicted octanol–water partition coefficient (Wildman–Crippen LogP) is 2.02. The molecule has 0 heterocycles. The summed E-state index contributed by atoms with van der Waals surface area (Å²) in [4.78, 5) is 10.8. The number of aromatic hydroxyl groups is 2. The first-order chi connectivity index (χ1) is 7.30. The second kappa shape index (κ2) is 4.13. The number of hydrogen-bond donors (Lipinski definition) is 2. The van der Waals surface area contributed by atoms with Gasteiger partial charge in [-0.15, -0.1) is 0 Å².